The lowest BCUT2D eigenvalue weighted by Crippen LogP contribution is -2.42. The largest absolute Gasteiger partial charge is 0.327 e. The van der Waals surface area contributed by atoms with Crippen molar-refractivity contribution < 1.29 is 0 Å². The molecule has 1 fully saturated rings. The molecule has 1 atom stereocenters. The summed E-state index contributed by atoms with van der Waals surface area (Å²) in [6, 6.07) is 10.9. The Balaban J connectivity index is 1.86. The van der Waals surface area contributed by atoms with Gasteiger partial charge < -0.3 is 5.73 Å². The maximum Gasteiger partial charge on any atom is 0.0746 e. The first-order chi connectivity index (χ1) is 8.83. The Labute approximate surface area is 108 Å². The molecule has 18 heavy (non-hydrogen) atoms. The number of nitrogens with zero attached hydrogens (tertiary/aromatic N) is 2. The molecule has 0 unspecified atom stereocenters. The minimum Gasteiger partial charge on any atom is -0.327 e. The van der Waals surface area contributed by atoms with E-state index in [4.69, 9.17) is 5.73 Å². The minimum atomic E-state index is 0.335. The van der Waals surface area contributed by atoms with Crippen LogP contribution in [0, 0.1) is 0 Å². The number of hydrogen-bond donors (Lipinski definition) is 1. The van der Waals surface area contributed by atoms with Crippen molar-refractivity contribution in [3.8, 4) is 0 Å². The van der Waals surface area contributed by atoms with Crippen molar-refractivity contribution in [2.45, 2.75) is 25.4 Å². The second-order valence-corrected chi connectivity index (χ2v) is 5.13. The molecule has 94 valence electrons. The molecule has 2 N–H and O–H groups in total. The van der Waals surface area contributed by atoms with E-state index >= 15 is 0 Å². The number of likely N-dealkylation sites (tertiary alicyclic amines) is 1. The summed E-state index contributed by atoms with van der Waals surface area (Å²) in [7, 11) is 0. The Hall–Kier alpha value is -1.45. The average Bonchev–Trinajstić information content (AvgIpc) is 2.39. The van der Waals surface area contributed by atoms with Gasteiger partial charge in [-0.1, -0.05) is 24.3 Å². The number of rotatable bonds is 2. The summed E-state index contributed by atoms with van der Waals surface area (Å²) in [6.45, 7) is 3.11. The van der Waals surface area contributed by atoms with E-state index in [2.05, 4.69) is 34.1 Å². The average molecular weight is 241 g/mol. The third-order valence-electron chi connectivity index (χ3n) is 3.65. The quantitative estimate of drug-likeness (QED) is 0.876. The predicted molar refractivity (Wildman–Crippen MR) is 74.2 cm³/mol. The van der Waals surface area contributed by atoms with Crippen LogP contribution in [0.25, 0.3) is 10.9 Å². The van der Waals surface area contributed by atoms with Crippen molar-refractivity contribution in [2.75, 3.05) is 13.1 Å². The first kappa shape index (κ1) is 11.6. The maximum atomic E-state index is 6.03. The number of nitrogens with two attached hydrogens (primary N) is 1. The van der Waals surface area contributed by atoms with Crippen LogP contribution in [0.4, 0.5) is 0 Å². The predicted octanol–water partition coefficient (Wildman–Crippen LogP) is 2.16. The summed E-state index contributed by atoms with van der Waals surface area (Å²) in [5, 5.41) is 1.22. The van der Waals surface area contributed by atoms with Crippen molar-refractivity contribution in [1.82, 2.24) is 9.88 Å². The number of hydrogen-bond acceptors (Lipinski definition) is 3. The van der Waals surface area contributed by atoms with Crippen LogP contribution >= 0.6 is 0 Å². The summed E-state index contributed by atoms with van der Waals surface area (Å²) in [5.74, 6) is 0. The van der Waals surface area contributed by atoms with Gasteiger partial charge in [0.2, 0.25) is 0 Å². The lowest BCUT2D eigenvalue weighted by molar-refractivity contribution is 0.202. The molecule has 1 saturated heterocycles. The van der Waals surface area contributed by atoms with Crippen LogP contribution in [-0.2, 0) is 6.54 Å². The molecule has 2 heterocycles. The van der Waals surface area contributed by atoms with Crippen LogP contribution < -0.4 is 5.73 Å². The molecule has 2 aromatic rings. The van der Waals surface area contributed by atoms with Gasteiger partial charge in [-0.25, -0.2) is 0 Å². The molecule has 0 saturated carbocycles. The molecule has 0 aliphatic carbocycles. The Kier molecular flexibility index (Phi) is 3.26. The highest BCUT2D eigenvalue weighted by Crippen LogP contribution is 2.19. The van der Waals surface area contributed by atoms with E-state index in [9.17, 15) is 0 Å². The fraction of sp³-hybridized carbons (Fsp3) is 0.400. The number of aromatic nitrogens is 1. The standard InChI is InChI=1S/C15H19N3/c16-14-7-3-9-18(11-14)10-13-5-1-4-12-6-2-8-17-15(12)13/h1-2,4-6,8,14H,3,7,9-11,16H2/t14-/m1/s1. The van der Waals surface area contributed by atoms with E-state index in [1.807, 2.05) is 12.3 Å². The summed E-state index contributed by atoms with van der Waals surface area (Å²) >= 11 is 0. The summed E-state index contributed by atoms with van der Waals surface area (Å²) in [4.78, 5) is 6.95. The van der Waals surface area contributed by atoms with Gasteiger partial charge in [0.1, 0.15) is 0 Å². The molecule has 1 aliphatic heterocycles. The van der Waals surface area contributed by atoms with Gasteiger partial charge in [0.25, 0.3) is 0 Å². The number of fused-ring (bicyclic) bond motifs is 1. The molecule has 0 spiro atoms. The molecule has 1 aliphatic rings. The second kappa shape index (κ2) is 5.04. The number of para-hydroxylation sites is 1. The number of piperidine rings is 1. The van der Waals surface area contributed by atoms with E-state index in [-0.39, 0.29) is 0 Å². The monoisotopic (exact) mass is 241 g/mol. The van der Waals surface area contributed by atoms with Crippen LogP contribution in [-0.4, -0.2) is 29.0 Å². The Morgan fingerprint density at radius 2 is 2.17 bits per heavy atom. The fourth-order valence-corrected chi connectivity index (χ4v) is 2.77. The van der Waals surface area contributed by atoms with Crippen molar-refractivity contribution >= 4 is 10.9 Å². The topological polar surface area (TPSA) is 42.1 Å². The van der Waals surface area contributed by atoms with Gasteiger partial charge in [-0.05, 0) is 31.0 Å². The minimum absolute atomic E-state index is 0.335. The van der Waals surface area contributed by atoms with Crippen LogP contribution in [0.5, 0.6) is 0 Å². The van der Waals surface area contributed by atoms with E-state index < -0.39 is 0 Å². The smallest absolute Gasteiger partial charge is 0.0746 e. The fourth-order valence-electron chi connectivity index (χ4n) is 2.77. The highest BCUT2D eigenvalue weighted by Gasteiger charge is 2.17. The van der Waals surface area contributed by atoms with Crippen LogP contribution in [0.1, 0.15) is 18.4 Å². The molecular formula is C15H19N3. The third-order valence-corrected chi connectivity index (χ3v) is 3.65. The van der Waals surface area contributed by atoms with E-state index in [1.54, 1.807) is 0 Å². The summed E-state index contributed by atoms with van der Waals surface area (Å²) in [6.07, 6.45) is 4.23. The lowest BCUT2D eigenvalue weighted by Gasteiger charge is -2.30. The number of pyridine rings is 1. The van der Waals surface area contributed by atoms with Gasteiger partial charge >= 0.3 is 0 Å². The van der Waals surface area contributed by atoms with Crippen LogP contribution in [0.15, 0.2) is 36.5 Å². The Morgan fingerprint density at radius 1 is 1.28 bits per heavy atom. The number of benzene rings is 1. The lowest BCUT2D eigenvalue weighted by atomic mass is 10.0. The summed E-state index contributed by atoms with van der Waals surface area (Å²) in [5.41, 5.74) is 8.47. The molecule has 1 aromatic heterocycles. The third kappa shape index (κ3) is 2.37. The molecular weight excluding hydrogens is 222 g/mol. The normalized spacial score (nSPS) is 21.3. The van der Waals surface area contributed by atoms with Gasteiger partial charge in [0.05, 0.1) is 5.52 Å². The zero-order valence-electron chi connectivity index (χ0n) is 10.5. The SMILES string of the molecule is N[C@@H]1CCCN(Cc2cccc3cccnc23)C1. The van der Waals surface area contributed by atoms with Gasteiger partial charge in [-0.3, -0.25) is 9.88 Å². The van der Waals surface area contributed by atoms with Gasteiger partial charge in [0, 0.05) is 30.7 Å². The summed E-state index contributed by atoms with van der Waals surface area (Å²) < 4.78 is 0. The van der Waals surface area contributed by atoms with Gasteiger partial charge in [0.15, 0.2) is 0 Å². The maximum absolute atomic E-state index is 6.03. The molecule has 0 radical (unpaired) electrons. The van der Waals surface area contributed by atoms with Crippen molar-refractivity contribution in [1.29, 1.82) is 0 Å². The highest BCUT2D eigenvalue weighted by atomic mass is 15.1. The van der Waals surface area contributed by atoms with Crippen LogP contribution in [0.2, 0.25) is 0 Å². The molecule has 3 heteroatoms. The zero-order valence-corrected chi connectivity index (χ0v) is 10.5. The van der Waals surface area contributed by atoms with E-state index in [0.29, 0.717) is 6.04 Å². The van der Waals surface area contributed by atoms with Crippen LogP contribution in [0.3, 0.4) is 0 Å². The molecule has 3 rings (SSSR count). The second-order valence-electron chi connectivity index (χ2n) is 5.13. The molecule has 0 amide bonds. The van der Waals surface area contributed by atoms with Gasteiger partial charge in [-0.2, -0.15) is 0 Å². The zero-order chi connectivity index (χ0) is 12.4. The van der Waals surface area contributed by atoms with Crippen molar-refractivity contribution in [3.05, 3.63) is 42.1 Å². The first-order valence-electron chi connectivity index (χ1n) is 6.63. The van der Waals surface area contributed by atoms with E-state index in [0.717, 1.165) is 31.6 Å². The highest BCUT2D eigenvalue weighted by molar-refractivity contribution is 5.81. The first-order valence-corrected chi connectivity index (χ1v) is 6.63. The van der Waals surface area contributed by atoms with Gasteiger partial charge in [-0.15, -0.1) is 0 Å². The van der Waals surface area contributed by atoms with E-state index in [1.165, 1.54) is 17.4 Å². The Bertz CT molecular complexity index is 533. The molecule has 1 aromatic carbocycles. The van der Waals surface area contributed by atoms with Crippen molar-refractivity contribution in [3.63, 3.8) is 0 Å². The molecule has 3 nitrogen and oxygen atoms in total. The Morgan fingerprint density at radius 3 is 3.06 bits per heavy atom. The van der Waals surface area contributed by atoms with Crippen molar-refractivity contribution in [2.24, 2.45) is 5.73 Å². The molecule has 0 bridgehead atoms.